The van der Waals surface area contributed by atoms with Gasteiger partial charge in [-0.25, -0.2) is 0 Å². The molecule has 2 N–H and O–H groups in total. The Balaban J connectivity index is 2.82. The fraction of sp³-hybridized carbons (Fsp3) is 0.429. The molecule has 2 atom stereocenters. The summed E-state index contributed by atoms with van der Waals surface area (Å²) < 4.78 is 0. The Hall–Kier alpha value is -0.600. The average Bonchev–Trinajstić information content (AvgIpc) is 1.98. The zero-order chi connectivity index (χ0) is 7.02. The Morgan fingerprint density at radius 1 is 1.44 bits per heavy atom. The molecule has 1 aliphatic carbocycles. The standard InChI is InChI=1S/C7H10O2/c1-4-3-5(2)7(9)6(4)8/h3,6-9H,1H2,2H3. The second-order valence-corrected chi connectivity index (χ2v) is 2.35. The molecule has 0 aromatic heterocycles. The zero-order valence-corrected chi connectivity index (χ0v) is 5.33. The molecule has 0 spiro atoms. The predicted molar refractivity (Wildman–Crippen MR) is 34.9 cm³/mol. The summed E-state index contributed by atoms with van der Waals surface area (Å²) >= 11 is 0. The molecule has 0 saturated heterocycles. The van der Waals surface area contributed by atoms with E-state index in [1.165, 1.54) is 0 Å². The minimum absolute atomic E-state index is 0.597. The Morgan fingerprint density at radius 3 is 2.11 bits per heavy atom. The van der Waals surface area contributed by atoms with E-state index in [1.54, 1.807) is 13.0 Å². The van der Waals surface area contributed by atoms with Gasteiger partial charge in [-0.2, -0.15) is 0 Å². The lowest BCUT2D eigenvalue weighted by Gasteiger charge is -2.08. The van der Waals surface area contributed by atoms with Crippen molar-refractivity contribution in [2.24, 2.45) is 0 Å². The molecule has 0 amide bonds. The fourth-order valence-corrected chi connectivity index (χ4v) is 0.915. The molecule has 1 rings (SSSR count). The van der Waals surface area contributed by atoms with Crippen molar-refractivity contribution in [3.8, 4) is 0 Å². The monoisotopic (exact) mass is 126 g/mol. The normalized spacial score (nSPS) is 35.0. The van der Waals surface area contributed by atoms with Crippen molar-refractivity contribution in [3.63, 3.8) is 0 Å². The van der Waals surface area contributed by atoms with Crippen molar-refractivity contribution in [1.82, 2.24) is 0 Å². The first-order chi connectivity index (χ1) is 4.13. The highest BCUT2D eigenvalue weighted by atomic mass is 16.3. The van der Waals surface area contributed by atoms with Crippen molar-refractivity contribution >= 4 is 0 Å². The molecule has 0 aromatic rings. The number of rotatable bonds is 0. The van der Waals surface area contributed by atoms with E-state index >= 15 is 0 Å². The molecule has 2 nitrogen and oxygen atoms in total. The van der Waals surface area contributed by atoms with Crippen LogP contribution in [-0.4, -0.2) is 22.4 Å². The van der Waals surface area contributed by atoms with Gasteiger partial charge in [-0.05, 0) is 18.1 Å². The SMILES string of the molecule is C=C1C=C(C)C(O)C1O. The van der Waals surface area contributed by atoms with E-state index in [2.05, 4.69) is 6.58 Å². The lowest BCUT2D eigenvalue weighted by atomic mass is 10.1. The molecule has 0 heterocycles. The third-order valence-electron chi connectivity index (χ3n) is 1.56. The molecule has 0 saturated carbocycles. The molecule has 50 valence electrons. The Labute approximate surface area is 54.1 Å². The van der Waals surface area contributed by atoms with Crippen LogP contribution in [0.5, 0.6) is 0 Å². The smallest absolute Gasteiger partial charge is 0.108 e. The quantitative estimate of drug-likeness (QED) is 0.487. The summed E-state index contributed by atoms with van der Waals surface area (Å²) in [5.41, 5.74) is 1.38. The maximum atomic E-state index is 9.06. The maximum Gasteiger partial charge on any atom is 0.108 e. The second kappa shape index (κ2) is 1.97. The molecular weight excluding hydrogens is 116 g/mol. The van der Waals surface area contributed by atoms with Crippen molar-refractivity contribution < 1.29 is 10.2 Å². The van der Waals surface area contributed by atoms with Gasteiger partial charge < -0.3 is 10.2 Å². The van der Waals surface area contributed by atoms with Gasteiger partial charge in [0.15, 0.2) is 0 Å². The Bertz CT molecular complexity index is 170. The van der Waals surface area contributed by atoms with Crippen LogP contribution in [-0.2, 0) is 0 Å². The Kier molecular flexibility index (Phi) is 1.43. The van der Waals surface area contributed by atoms with Gasteiger partial charge in [-0.15, -0.1) is 0 Å². The van der Waals surface area contributed by atoms with Gasteiger partial charge in [-0.3, -0.25) is 0 Å². The number of hydrogen-bond donors (Lipinski definition) is 2. The number of aliphatic hydroxyl groups excluding tert-OH is 2. The van der Waals surface area contributed by atoms with Crippen LogP contribution < -0.4 is 0 Å². The maximum absolute atomic E-state index is 9.06. The molecule has 0 bridgehead atoms. The van der Waals surface area contributed by atoms with Crippen LogP contribution in [0.25, 0.3) is 0 Å². The number of hydrogen-bond acceptors (Lipinski definition) is 2. The first-order valence-corrected chi connectivity index (χ1v) is 2.86. The first kappa shape index (κ1) is 6.52. The molecule has 2 unspecified atom stereocenters. The fourth-order valence-electron chi connectivity index (χ4n) is 0.915. The van der Waals surface area contributed by atoms with Crippen LogP contribution in [0.2, 0.25) is 0 Å². The lowest BCUT2D eigenvalue weighted by molar-refractivity contribution is 0.0764. The third-order valence-corrected chi connectivity index (χ3v) is 1.56. The molecule has 1 aliphatic rings. The van der Waals surface area contributed by atoms with E-state index in [-0.39, 0.29) is 0 Å². The van der Waals surface area contributed by atoms with Gasteiger partial charge in [0.2, 0.25) is 0 Å². The van der Waals surface area contributed by atoms with Gasteiger partial charge in [-0.1, -0.05) is 12.7 Å². The van der Waals surface area contributed by atoms with E-state index in [9.17, 15) is 0 Å². The van der Waals surface area contributed by atoms with Gasteiger partial charge in [0.25, 0.3) is 0 Å². The molecule has 0 aliphatic heterocycles. The van der Waals surface area contributed by atoms with Crippen LogP contribution in [0.1, 0.15) is 6.92 Å². The summed E-state index contributed by atoms with van der Waals surface area (Å²) in [7, 11) is 0. The highest BCUT2D eigenvalue weighted by Crippen LogP contribution is 2.22. The van der Waals surface area contributed by atoms with E-state index in [0.29, 0.717) is 5.57 Å². The minimum atomic E-state index is -0.773. The van der Waals surface area contributed by atoms with Gasteiger partial charge in [0.1, 0.15) is 12.2 Å². The summed E-state index contributed by atoms with van der Waals surface area (Å²) in [6.07, 6.45) is 0.206. The average molecular weight is 126 g/mol. The van der Waals surface area contributed by atoms with Crippen molar-refractivity contribution in [1.29, 1.82) is 0 Å². The summed E-state index contributed by atoms with van der Waals surface area (Å²) in [4.78, 5) is 0. The van der Waals surface area contributed by atoms with Crippen molar-refractivity contribution in [2.45, 2.75) is 19.1 Å². The second-order valence-electron chi connectivity index (χ2n) is 2.35. The summed E-state index contributed by atoms with van der Waals surface area (Å²) in [6, 6.07) is 0. The Morgan fingerprint density at radius 2 is 2.00 bits per heavy atom. The van der Waals surface area contributed by atoms with E-state index in [1.807, 2.05) is 0 Å². The van der Waals surface area contributed by atoms with Gasteiger partial charge in [0.05, 0.1) is 0 Å². The highest BCUT2D eigenvalue weighted by Gasteiger charge is 2.25. The van der Waals surface area contributed by atoms with Crippen LogP contribution in [0.15, 0.2) is 23.8 Å². The van der Waals surface area contributed by atoms with Gasteiger partial charge >= 0.3 is 0 Å². The van der Waals surface area contributed by atoms with Gasteiger partial charge in [0, 0.05) is 0 Å². The largest absolute Gasteiger partial charge is 0.386 e. The molecular formula is C7H10O2. The van der Waals surface area contributed by atoms with E-state index in [0.717, 1.165) is 5.57 Å². The summed E-state index contributed by atoms with van der Waals surface area (Å²) in [6.45, 7) is 5.32. The lowest BCUT2D eigenvalue weighted by Crippen LogP contribution is -2.21. The third kappa shape index (κ3) is 0.910. The molecule has 0 aromatic carbocycles. The topological polar surface area (TPSA) is 40.5 Å². The summed E-state index contributed by atoms with van der Waals surface area (Å²) in [5, 5.41) is 18.1. The summed E-state index contributed by atoms with van der Waals surface area (Å²) in [5.74, 6) is 0. The zero-order valence-electron chi connectivity index (χ0n) is 5.33. The molecule has 9 heavy (non-hydrogen) atoms. The van der Waals surface area contributed by atoms with Crippen molar-refractivity contribution in [2.75, 3.05) is 0 Å². The molecule has 0 radical (unpaired) electrons. The minimum Gasteiger partial charge on any atom is -0.386 e. The molecule has 2 heteroatoms. The van der Waals surface area contributed by atoms with Crippen LogP contribution in [0, 0.1) is 0 Å². The predicted octanol–water partition coefficient (Wildman–Crippen LogP) is 0.224. The van der Waals surface area contributed by atoms with Crippen LogP contribution in [0.3, 0.4) is 0 Å². The highest BCUT2D eigenvalue weighted by molar-refractivity contribution is 5.35. The van der Waals surface area contributed by atoms with E-state index < -0.39 is 12.2 Å². The van der Waals surface area contributed by atoms with Crippen molar-refractivity contribution in [3.05, 3.63) is 23.8 Å². The van der Waals surface area contributed by atoms with E-state index in [4.69, 9.17) is 10.2 Å². The first-order valence-electron chi connectivity index (χ1n) is 2.86. The van der Waals surface area contributed by atoms with Crippen LogP contribution in [0.4, 0.5) is 0 Å². The van der Waals surface area contributed by atoms with Crippen LogP contribution >= 0.6 is 0 Å². The number of aliphatic hydroxyl groups is 2. The molecule has 0 fully saturated rings.